The van der Waals surface area contributed by atoms with Crippen LogP contribution >= 0.6 is 11.6 Å². The molecular weight excluding hydrogens is 304 g/mol. The van der Waals surface area contributed by atoms with Crippen molar-refractivity contribution in [3.05, 3.63) is 71.1 Å². The summed E-state index contributed by atoms with van der Waals surface area (Å²) in [7, 11) is 1.22. The number of aliphatic hydroxyl groups excluding tert-OH is 1. The molecule has 0 fully saturated rings. The first-order chi connectivity index (χ1) is 10.6. The zero-order chi connectivity index (χ0) is 15.9. The SMILES string of the molecule is COC(=O)/C(=C\O)OCc1ccc(-c2ccc(Cl)cc2)cc1. The standard InChI is InChI=1S/C17H15ClO4/c1-21-17(20)16(10-19)22-11-12-2-4-13(5-3-12)14-6-8-15(18)9-7-14/h2-10,19H,11H2,1H3/b16-10+. The van der Waals surface area contributed by atoms with Crippen LogP contribution in [0.3, 0.4) is 0 Å². The van der Waals surface area contributed by atoms with Gasteiger partial charge in [-0.3, -0.25) is 0 Å². The molecule has 2 aromatic carbocycles. The fourth-order valence-electron chi connectivity index (χ4n) is 1.85. The summed E-state index contributed by atoms with van der Waals surface area (Å²) in [5, 5.41) is 9.62. The summed E-state index contributed by atoms with van der Waals surface area (Å²) in [6.45, 7) is 0.155. The monoisotopic (exact) mass is 318 g/mol. The van der Waals surface area contributed by atoms with Gasteiger partial charge in [0.15, 0.2) is 0 Å². The normalized spacial score (nSPS) is 11.1. The minimum atomic E-state index is -0.722. The van der Waals surface area contributed by atoms with Gasteiger partial charge in [0.05, 0.1) is 7.11 Å². The summed E-state index contributed by atoms with van der Waals surface area (Å²) >= 11 is 5.87. The van der Waals surface area contributed by atoms with Crippen LogP contribution in [-0.2, 0) is 20.9 Å². The summed E-state index contributed by atoms with van der Waals surface area (Å²) in [4.78, 5) is 11.2. The lowest BCUT2D eigenvalue weighted by molar-refractivity contribution is -0.140. The third-order valence-electron chi connectivity index (χ3n) is 3.03. The van der Waals surface area contributed by atoms with Crippen LogP contribution in [-0.4, -0.2) is 18.2 Å². The van der Waals surface area contributed by atoms with Gasteiger partial charge in [0, 0.05) is 5.02 Å². The van der Waals surface area contributed by atoms with Gasteiger partial charge in [0.25, 0.3) is 0 Å². The van der Waals surface area contributed by atoms with Crippen molar-refractivity contribution in [3.63, 3.8) is 0 Å². The second-order valence-corrected chi connectivity index (χ2v) is 4.91. The van der Waals surface area contributed by atoms with Crippen molar-refractivity contribution in [2.24, 2.45) is 0 Å². The van der Waals surface area contributed by atoms with Crippen LogP contribution in [0.1, 0.15) is 5.56 Å². The highest BCUT2D eigenvalue weighted by molar-refractivity contribution is 6.30. The largest absolute Gasteiger partial charge is 0.511 e. The van der Waals surface area contributed by atoms with Crippen molar-refractivity contribution in [2.75, 3.05) is 7.11 Å². The molecule has 0 aromatic heterocycles. The van der Waals surface area contributed by atoms with E-state index in [4.69, 9.17) is 21.4 Å². The third-order valence-corrected chi connectivity index (χ3v) is 3.28. The predicted octanol–water partition coefficient (Wildman–Crippen LogP) is 4.10. The van der Waals surface area contributed by atoms with Crippen LogP contribution in [0, 0.1) is 0 Å². The summed E-state index contributed by atoms with van der Waals surface area (Å²) in [6, 6.07) is 15.2. The molecule has 5 heteroatoms. The summed E-state index contributed by atoms with van der Waals surface area (Å²) in [5.41, 5.74) is 2.97. The molecule has 4 nitrogen and oxygen atoms in total. The van der Waals surface area contributed by atoms with Gasteiger partial charge in [-0.05, 0) is 28.8 Å². The molecule has 1 N–H and O–H groups in total. The van der Waals surface area contributed by atoms with Crippen molar-refractivity contribution >= 4 is 17.6 Å². The van der Waals surface area contributed by atoms with Gasteiger partial charge < -0.3 is 14.6 Å². The number of rotatable bonds is 5. The molecule has 0 saturated carbocycles. The Balaban J connectivity index is 2.03. The third kappa shape index (κ3) is 4.02. The van der Waals surface area contributed by atoms with Crippen LogP contribution in [0.15, 0.2) is 60.6 Å². The number of hydrogen-bond acceptors (Lipinski definition) is 4. The lowest BCUT2D eigenvalue weighted by atomic mass is 10.0. The van der Waals surface area contributed by atoms with E-state index in [2.05, 4.69) is 4.74 Å². The molecule has 0 aliphatic heterocycles. The first-order valence-corrected chi connectivity index (χ1v) is 6.92. The van der Waals surface area contributed by atoms with E-state index in [0.29, 0.717) is 11.3 Å². The van der Waals surface area contributed by atoms with Gasteiger partial charge in [0.2, 0.25) is 5.76 Å². The highest BCUT2D eigenvalue weighted by Gasteiger charge is 2.11. The molecule has 0 radical (unpaired) electrons. The Morgan fingerprint density at radius 1 is 1.09 bits per heavy atom. The number of hydrogen-bond donors (Lipinski definition) is 1. The quantitative estimate of drug-likeness (QED) is 0.512. The lowest BCUT2D eigenvalue weighted by Gasteiger charge is -2.08. The maximum absolute atomic E-state index is 11.2. The van der Waals surface area contributed by atoms with E-state index in [0.717, 1.165) is 16.7 Å². The lowest BCUT2D eigenvalue weighted by Crippen LogP contribution is -2.08. The molecule has 0 bridgehead atoms. The van der Waals surface area contributed by atoms with Crippen LogP contribution in [0.2, 0.25) is 5.02 Å². The topological polar surface area (TPSA) is 55.8 Å². The van der Waals surface area contributed by atoms with Crippen LogP contribution in [0.5, 0.6) is 0 Å². The Labute approximate surface area is 133 Å². The Morgan fingerprint density at radius 3 is 2.14 bits per heavy atom. The molecule has 0 aliphatic rings. The average Bonchev–Trinajstić information content (AvgIpc) is 2.56. The van der Waals surface area contributed by atoms with Gasteiger partial charge >= 0.3 is 5.97 Å². The first kappa shape index (κ1) is 15.9. The smallest absolute Gasteiger partial charge is 0.376 e. The Kier molecular flexibility index (Phi) is 5.44. The molecule has 0 saturated heterocycles. The van der Waals surface area contributed by atoms with Crippen molar-refractivity contribution in [3.8, 4) is 11.1 Å². The van der Waals surface area contributed by atoms with E-state index in [9.17, 15) is 4.79 Å². The second kappa shape index (κ2) is 7.52. The maximum atomic E-state index is 11.2. The van der Waals surface area contributed by atoms with Crippen LogP contribution < -0.4 is 0 Å². The number of methoxy groups -OCH3 is 1. The molecule has 0 spiro atoms. The van der Waals surface area contributed by atoms with Gasteiger partial charge in [-0.2, -0.15) is 0 Å². The van der Waals surface area contributed by atoms with E-state index in [-0.39, 0.29) is 12.4 Å². The van der Waals surface area contributed by atoms with Gasteiger partial charge in [-0.15, -0.1) is 0 Å². The molecule has 22 heavy (non-hydrogen) atoms. The molecule has 0 aliphatic carbocycles. The highest BCUT2D eigenvalue weighted by atomic mass is 35.5. The molecular formula is C17H15ClO4. The van der Waals surface area contributed by atoms with Gasteiger partial charge in [-0.1, -0.05) is 48.0 Å². The number of ether oxygens (including phenoxy) is 2. The second-order valence-electron chi connectivity index (χ2n) is 4.48. The minimum Gasteiger partial charge on any atom is -0.511 e. The number of carbonyl (C=O) groups is 1. The molecule has 0 unspecified atom stereocenters. The maximum Gasteiger partial charge on any atom is 0.376 e. The molecule has 0 atom stereocenters. The molecule has 0 amide bonds. The predicted molar refractivity (Wildman–Crippen MR) is 84.4 cm³/mol. The average molecular weight is 319 g/mol. The zero-order valence-corrected chi connectivity index (χ0v) is 12.7. The number of aliphatic hydroxyl groups is 1. The molecule has 2 rings (SSSR count). The van der Waals surface area contributed by atoms with E-state index >= 15 is 0 Å². The summed E-state index contributed by atoms with van der Waals surface area (Å²) in [6.07, 6.45) is 0.591. The van der Waals surface area contributed by atoms with Gasteiger partial charge in [-0.25, -0.2) is 4.79 Å². The van der Waals surface area contributed by atoms with E-state index in [1.165, 1.54) is 7.11 Å². The number of benzene rings is 2. The number of carbonyl (C=O) groups excluding carboxylic acids is 1. The summed E-state index contributed by atoms with van der Waals surface area (Å²) < 4.78 is 9.69. The molecule has 2 aromatic rings. The van der Waals surface area contributed by atoms with E-state index in [1.807, 2.05) is 48.5 Å². The number of halogens is 1. The van der Waals surface area contributed by atoms with Crippen LogP contribution in [0.4, 0.5) is 0 Å². The van der Waals surface area contributed by atoms with Crippen molar-refractivity contribution in [1.29, 1.82) is 0 Å². The zero-order valence-electron chi connectivity index (χ0n) is 12.0. The van der Waals surface area contributed by atoms with Crippen molar-refractivity contribution in [2.45, 2.75) is 6.61 Å². The molecule has 114 valence electrons. The van der Waals surface area contributed by atoms with Crippen molar-refractivity contribution < 1.29 is 19.4 Å². The number of esters is 1. The van der Waals surface area contributed by atoms with E-state index in [1.54, 1.807) is 0 Å². The van der Waals surface area contributed by atoms with Gasteiger partial charge in [0.1, 0.15) is 12.9 Å². The van der Waals surface area contributed by atoms with Crippen LogP contribution in [0.25, 0.3) is 11.1 Å². The highest BCUT2D eigenvalue weighted by Crippen LogP contribution is 2.22. The Hall–Kier alpha value is -2.46. The fourth-order valence-corrected chi connectivity index (χ4v) is 1.97. The minimum absolute atomic E-state index is 0.155. The van der Waals surface area contributed by atoms with E-state index < -0.39 is 5.97 Å². The van der Waals surface area contributed by atoms with Crippen molar-refractivity contribution in [1.82, 2.24) is 0 Å². The Bertz CT molecular complexity index is 660. The first-order valence-electron chi connectivity index (χ1n) is 6.54. The summed E-state index contributed by atoms with van der Waals surface area (Å²) in [5.74, 6) is -0.954. The fraction of sp³-hybridized carbons (Fsp3) is 0.118. The molecule has 0 heterocycles. The Morgan fingerprint density at radius 2 is 1.64 bits per heavy atom.